The second-order valence-corrected chi connectivity index (χ2v) is 25.9. The summed E-state index contributed by atoms with van der Waals surface area (Å²) < 4.78 is 13.7. The molecule has 10 nitrogen and oxygen atoms in total. The zero-order valence-electron chi connectivity index (χ0n) is 52.6. The number of nitrogens with two attached hydrogens (primary N) is 2. The quantitative estimate of drug-likeness (QED) is 0.0299. The summed E-state index contributed by atoms with van der Waals surface area (Å²) in [6.45, 7) is 24.4. The Kier molecular flexibility index (Phi) is 44.0. The van der Waals surface area contributed by atoms with Gasteiger partial charge in [-0.1, -0.05) is 189 Å². The van der Waals surface area contributed by atoms with Crippen molar-refractivity contribution in [1.82, 2.24) is 4.34 Å². The average Bonchev–Trinajstić information content (AvgIpc) is 4.09. The molecule has 14 heteroatoms. The molecule has 1 aliphatic heterocycles. The Morgan fingerprint density at radius 2 is 1.01 bits per heavy atom. The fourth-order valence-electron chi connectivity index (χ4n) is 12.0. The number of ether oxygens (including phenoxy) is 2. The topological polar surface area (TPSA) is 174 Å². The van der Waals surface area contributed by atoms with E-state index >= 15 is 0 Å². The van der Waals surface area contributed by atoms with E-state index in [9.17, 15) is 24.6 Å². The Morgan fingerprint density at radius 1 is 0.630 bits per heavy atom. The molecule has 0 radical (unpaired) electrons. The zero-order chi connectivity index (χ0) is 59.4. The van der Waals surface area contributed by atoms with E-state index in [4.69, 9.17) is 32.5 Å². The third-order valence-corrected chi connectivity index (χ3v) is 17.8. The van der Waals surface area contributed by atoms with Gasteiger partial charge in [0.1, 0.15) is 11.6 Å². The molecule has 1 heterocycles. The first-order valence-corrected chi connectivity index (χ1v) is 32.8. The molecule has 12 atom stereocenters. The Bertz CT molecular complexity index is 2040. The van der Waals surface area contributed by atoms with E-state index in [0.29, 0.717) is 97.2 Å². The maximum Gasteiger partial charge on any atom is 1.00 e. The van der Waals surface area contributed by atoms with Crippen LogP contribution in [0.1, 0.15) is 195 Å². The summed E-state index contributed by atoms with van der Waals surface area (Å²) in [6, 6.07) is 29.2. The van der Waals surface area contributed by atoms with Gasteiger partial charge in [0, 0.05) is 84.9 Å². The van der Waals surface area contributed by atoms with E-state index in [1.165, 1.54) is 51.4 Å². The summed E-state index contributed by atoms with van der Waals surface area (Å²) in [7, 11) is 0. The molecule has 0 amide bonds. The van der Waals surface area contributed by atoms with Crippen molar-refractivity contribution in [2.75, 3.05) is 44.8 Å². The molecule has 3 aliphatic carbocycles. The van der Waals surface area contributed by atoms with Crippen molar-refractivity contribution in [3.05, 3.63) is 108 Å². The van der Waals surface area contributed by atoms with Gasteiger partial charge in [-0.25, -0.2) is 0 Å². The van der Waals surface area contributed by atoms with Crippen LogP contribution in [-0.2, 0) is 23.9 Å². The van der Waals surface area contributed by atoms with Gasteiger partial charge in [-0.2, -0.15) is 0 Å². The van der Waals surface area contributed by atoms with Crippen LogP contribution in [0.3, 0.4) is 0 Å². The molecular formula is C67H109Br2ClN3NaO7. The third kappa shape index (κ3) is 31.7. The van der Waals surface area contributed by atoms with Gasteiger partial charge in [-0.15, -0.1) is 0 Å². The van der Waals surface area contributed by atoms with Crippen molar-refractivity contribution >= 4 is 60.5 Å². The van der Waals surface area contributed by atoms with Crippen molar-refractivity contribution < 1.29 is 65.1 Å². The summed E-state index contributed by atoms with van der Waals surface area (Å²) in [5, 5.41) is 20.3. The number of aliphatic hydroxyl groups excluding tert-OH is 2. The average molecular weight is 1290 g/mol. The van der Waals surface area contributed by atoms with Gasteiger partial charge in [0.05, 0.1) is 24.9 Å². The molecule has 4 fully saturated rings. The molecule has 3 unspecified atom stereocenters. The molecule has 3 aromatic carbocycles. The van der Waals surface area contributed by atoms with Gasteiger partial charge in [0.2, 0.25) is 5.24 Å². The number of Topliss-reactive ketones (excluding diaryl/α,β-unsaturated/α-hetero) is 2. The van der Waals surface area contributed by atoms with Crippen LogP contribution in [0, 0.1) is 71.0 Å². The van der Waals surface area contributed by atoms with Crippen molar-refractivity contribution in [1.29, 1.82) is 0 Å². The van der Waals surface area contributed by atoms with Crippen molar-refractivity contribution in [2.45, 2.75) is 177 Å². The van der Waals surface area contributed by atoms with Crippen molar-refractivity contribution in [3.63, 3.8) is 0 Å². The largest absolute Gasteiger partial charge is 1.00 e. The Balaban J connectivity index is 0.00000104. The molecule has 1 saturated heterocycles. The van der Waals surface area contributed by atoms with Crippen LogP contribution in [0.25, 0.3) is 0 Å². The summed E-state index contributed by atoms with van der Waals surface area (Å²) >= 11 is 11.9. The standard InChI is InChI=1S/C22H35NO2.C20H30O2.C11H19ClO.C8H11NO.C4H8O.C2H5Br2N.Na.H/c1-16(2)19-10-9-17(3)15-20(19)21(24)11-12-22(25-14-13-23)18-7-5-4-6-8-18;1-14(2)17-10-9-15(3)13-18(17)20(22)12-11-19(21)16-7-5-4-6-8-16;1-7(2)9-5-4-8(3)6-10(9)11(12)13;9-6-8(10)7-4-2-1-3-5-7;1-2-4-5-3-1;3-1-2-5-4;;/h4-8,16-17,19-20,22H,9-15,23H2,1-3H3;4-8,14-15,17-19,21H,9-13H2,1-3H3;7-10H,4-6H2,1-3H3;1-5,8,10H,6,9H2;1-4H2;5H,1-2H2;;/q;;;;;;+1;-1/t17-,19+,20-,22?;15-,17+,18-,19?;8-,9+,10-;;;;;/m111...../s1. The zero-order valence-corrected chi connectivity index (χ0v) is 57.5. The Morgan fingerprint density at radius 3 is 1.35 bits per heavy atom. The minimum absolute atomic E-state index is 0. The number of aliphatic hydroxyl groups is 2. The minimum atomic E-state index is -0.524. The van der Waals surface area contributed by atoms with Crippen LogP contribution < -0.4 is 45.4 Å². The number of alkyl halides is 1. The number of carbonyl (C=O) groups excluding carboxylic acids is 3. The smallest absolute Gasteiger partial charge is 1.00 e. The first-order valence-electron chi connectivity index (χ1n) is 30.5. The molecule has 456 valence electrons. The monoisotopic (exact) mass is 1280 g/mol. The summed E-state index contributed by atoms with van der Waals surface area (Å²) in [6.07, 6.45) is 14.3. The van der Waals surface area contributed by atoms with Crippen LogP contribution in [0.4, 0.5) is 0 Å². The molecule has 81 heavy (non-hydrogen) atoms. The summed E-state index contributed by atoms with van der Waals surface area (Å²) in [4.78, 5) is 36.9. The molecule has 4 aliphatic rings. The molecular weight excluding hydrogens is 1180 g/mol. The summed E-state index contributed by atoms with van der Waals surface area (Å²) in [5.74, 6) is 6.66. The number of ketones is 2. The van der Waals surface area contributed by atoms with E-state index in [1.54, 1.807) is 0 Å². The predicted molar refractivity (Wildman–Crippen MR) is 342 cm³/mol. The fourth-order valence-corrected chi connectivity index (χ4v) is 13.1. The van der Waals surface area contributed by atoms with Crippen molar-refractivity contribution in [3.8, 4) is 0 Å². The van der Waals surface area contributed by atoms with Crippen LogP contribution in [0.5, 0.6) is 0 Å². The Hall–Kier alpha value is -1.36. The second kappa shape index (κ2) is 45.9. The van der Waals surface area contributed by atoms with Gasteiger partial charge in [-0.05, 0) is 146 Å². The number of carbonyl (C=O) groups is 3. The van der Waals surface area contributed by atoms with E-state index in [-0.39, 0.29) is 66.6 Å². The SMILES string of the molecule is BrCCNBr.C1CCOC1.CC(C)[C@@H]1CC[C@@H](C)C[C@H]1C(=O)CCC(O)c1ccccc1.CC(C)[C@@H]1CC[C@@H](C)C[C@H]1C(=O)CCC(OCCN)c1ccccc1.CC(C)[C@@H]1CC[C@@H](C)C[C@H]1C(=O)Cl.NCC(O)c1ccccc1.[H-].[Na+]. The molecule has 3 aromatic rings. The molecule has 7 rings (SSSR count). The maximum absolute atomic E-state index is 13.0. The number of rotatable bonds is 21. The van der Waals surface area contributed by atoms with E-state index < -0.39 is 12.2 Å². The molecule has 0 bridgehead atoms. The van der Waals surface area contributed by atoms with Crippen LogP contribution in [0.15, 0.2) is 91.0 Å². The molecule has 0 spiro atoms. The van der Waals surface area contributed by atoms with E-state index in [0.717, 1.165) is 67.5 Å². The third-order valence-electron chi connectivity index (χ3n) is 16.7. The van der Waals surface area contributed by atoms with Crippen LogP contribution in [-0.4, -0.2) is 71.8 Å². The van der Waals surface area contributed by atoms with Gasteiger partial charge < -0.3 is 32.6 Å². The Labute approximate surface area is 537 Å². The number of benzene rings is 3. The van der Waals surface area contributed by atoms with Gasteiger partial charge >= 0.3 is 29.6 Å². The fraction of sp³-hybridized carbons (Fsp3) is 0.687. The number of nitrogens with one attached hydrogen (secondary N) is 1. The molecule has 7 N–H and O–H groups in total. The normalized spacial score (nSPS) is 24.3. The van der Waals surface area contributed by atoms with Crippen LogP contribution >= 0.6 is 43.7 Å². The minimum Gasteiger partial charge on any atom is -1.00 e. The predicted octanol–water partition coefficient (Wildman–Crippen LogP) is 12.9. The second-order valence-electron chi connectivity index (χ2n) is 24.2. The summed E-state index contributed by atoms with van der Waals surface area (Å²) in [5.41, 5.74) is 13.8. The van der Waals surface area contributed by atoms with Crippen molar-refractivity contribution in [2.24, 2.45) is 82.5 Å². The first kappa shape index (κ1) is 77.7. The first-order chi connectivity index (χ1) is 38.3. The van der Waals surface area contributed by atoms with E-state index in [1.807, 2.05) is 78.9 Å². The number of halogens is 3. The van der Waals surface area contributed by atoms with Crippen LogP contribution in [0.2, 0.25) is 0 Å². The van der Waals surface area contributed by atoms with E-state index in [2.05, 4.69) is 111 Å². The maximum atomic E-state index is 13.0. The van der Waals surface area contributed by atoms with Gasteiger partial charge in [-0.3, -0.25) is 18.7 Å². The van der Waals surface area contributed by atoms with Gasteiger partial charge in [0.15, 0.2) is 0 Å². The molecule has 0 aromatic heterocycles. The molecule has 3 saturated carbocycles. The number of hydrogen-bond donors (Lipinski definition) is 5. The van der Waals surface area contributed by atoms with Gasteiger partial charge in [0.25, 0.3) is 0 Å². The number of hydrogen-bond acceptors (Lipinski definition) is 10.